The van der Waals surface area contributed by atoms with Crippen molar-refractivity contribution in [3.8, 4) is 0 Å². The zero-order valence-corrected chi connectivity index (χ0v) is 19.7. The van der Waals surface area contributed by atoms with E-state index in [0.717, 1.165) is 41.3 Å². The molecule has 180 valence electrons. The van der Waals surface area contributed by atoms with Gasteiger partial charge in [0.2, 0.25) is 0 Å². The zero-order valence-electron chi connectivity index (χ0n) is 19.7. The number of rotatable bonds is 12. The maximum atomic E-state index is 12.4. The number of allylic oxidation sites excluding steroid dienone is 4. The van der Waals surface area contributed by atoms with E-state index in [-0.39, 0.29) is 36.3 Å². The topological polar surface area (TPSA) is 117 Å². The predicted molar refractivity (Wildman–Crippen MR) is 131 cm³/mol. The fourth-order valence-electron chi connectivity index (χ4n) is 4.18. The van der Waals surface area contributed by atoms with Crippen molar-refractivity contribution in [2.45, 2.75) is 39.0 Å². The van der Waals surface area contributed by atoms with Gasteiger partial charge in [0.1, 0.15) is 12.2 Å². The van der Waals surface area contributed by atoms with E-state index in [1.807, 2.05) is 30.8 Å². The van der Waals surface area contributed by atoms with Gasteiger partial charge in [-0.05, 0) is 62.3 Å². The summed E-state index contributed by atoms with van der Waals surface area (Å²) in [5, 5.41) is 11.9. The number of nitro groups is 1. The molecule has 1 aliphatic carbocycles. The second kappa shape index (κ2) is 11.0. The molecule has 1 unspecified atom stereocenters. The van der Waals surface area contributed by atoms with Crippen LogP contribution in [0.5, 0.6) is 0 Å². The molecule has 1 fully saturated rings. The first-order valence-corrected chi connectivity index (χ1v) is 11.4. The lowest BCUT2D eigenvalue weighted by Gasteiger charge is -2.05. The lowest BCUT2D eigenvalue weighted by molar-refractivity contribution is -0.384. The van der Waals surface area contributed by atoms with Crippen molar-refractivity contribution in [2.75, 3.05) is 6.61 Å². The number of hydrogen-bond acceptors (Lipinski definition) is 6. The summed E-state index contributed by atoms with van der Waals surface area (Å²) >= 11 is 0. The van der Waals surface area contributed by atoms with E-state index in [2.05, 4.69) is 6.58 Å². The maximum absolute atomic E-state index is 12.4. The second-order valence-electron chi connectivity index (χ2n) is 8.77. The first-order chi connectivity index (χ1) is 16.2. The molecule has 0 saturated heterocycles. The highest BCUT2D eigenvalue weighted by molar-refractivity contribution is 5.98. The van der Waals surface area contributed by atoms with Gasteiger partial charge in [-0.3, -0.25) is 19.7 Å². The fraction of sp³-hybridized carbons (Fsp3) is 0.385. The normalized spacial score (nSPS) is 18.1. The Labute approximate surface area is 198 Å². The monoisotopic (exact) mass is 465 g/mol. The zero-order chi connectivity index (χ0) is 24.8. The number of benzene rings is 1. The van der Waals surface area contributed by atoms with Crippen LogP contribution in [0.2, 0.25) is 0 Å². The van der Waals surface area contributed by atoms with Crippen molar-refractivity contribution >= 4 is 28.3 Å². The second-order valence-corrected chi connectivity index (χ2v) is 8.77. The van der Waals surface area contributed by atoms with E-state index in [1.165, 1.54) is 6.07 Å². The standard InChI is InChI=1S/C26H31N3O5/c1-4-19(27)9-8-17(2)21-14-23(21)25(30)15-26(31)34-12-6-5-7-18-16-28(3)24-11-10-20(29(32)33)13-22(18)24/h4,8-11,13,16,21,23H,1,5-7,12,14-15,27H2,2-3H3/b17-8+,19-9+/t21?,23-/m1/s1. The molecule has 1 heterocycles. The summed E-state index contributed by atoms with van der Waals surface area (Å²) in [6, 6.07) is 4.86. The van der Waals surface area contributed by atoms with Crippen LogP contribution >= 0.6 is 0 Å². The minimum atomic E-state index is -0.492. The molecule has 34 heavy (non-hydrogen) atoms. The molecule has 0 radical (unpaired) electrons. The van der Waals surface area contributed by atoms with Crippen molar-refractivity contribution in [1.29, 1.82) is 0 Å². The quantitative estimate of drug-likeness (QED) is 0.123. The molecular formula is C26H31N3O5. The Morgan fingerprint density at radius 2 is 2.06 bits per heavy atom. The predicted octanol–water partition coefficient (Wildman–Crippen LogP) is 4.52. The van der Waals surface area contributed by atoms with Crippen LogP contribution in [0.1, 0.15) is 38.2 Å². The number of aromatic nitrogens is 1. The number of nitro benzene ring substituents is 1. The van der Waals surface area contributed by atoms with E-state index < -0.39 is 10.9 Å². The largest absolute Gasteiger partial charge is 0.465 e. The Morgan fingerprint density at radius 1 is 1.29 bits per heavy atom. The Kier molecular flexibility index (Phi) is 8.04. The highest BCUT2D eigenvalue weighted by Gasteiger charge is 2.43. The molecule has 0 aliphatic heterocycles. The molecule has 2 N–H and O–H groups in total. The van der Waals surface area contributed by atoms with Crippen LogP contribution in [-0.2, 0) is 27.8 Å². The minimum absolute atomic E-state index is 0.0690. The number of hydrogen-bond donors (Lipinski definition) is 1. The van der Waals surface area contributed by atoms with Crippen LogP contribution in [0.25, 0.3) is 10.9 Å². The van der Waals surface area contributed by atoms with Gasteiger partial charge in [0.15, 0.2) is 0 Å². The number of ketones is 1. The third-order valence-corrected chi connectivity index (χ3v) is 6.25. The molecule has 0 spiro atoms. The van der Waals surface area contributed by atoms with E-state index in [9.17, 15) is 19.7 Å². The lowest BCUT2D eigenvalue weighted by atomic mass is 10.1. The summed E-state index contributed by atoms with van der Waals surface area (Å²) in [6.07, 6.45) is 9.86. The van der Waals surface area contributed by atoms with Gasteiger partial charge in [-0.1, -0.05) is 18.2 Å². The van der Waals surface area contributed by atoms with Crippen LogP contribution in [0, 0.1) is 22.0 Å². The summed E-state index contributed by atoms with van der Waals surface area (Å²) in [5.74, 6) is -0.544. The van der Waals surface area contributed by atoms with Crippen molar-refractivity contribution in [1.82, 2.24) is 4.57 Å². The van der Waals surface area contributed by atoms with Crippen LogP contribution in [0.15, 0.2) is 60.5 Å². The number of nitrogens with two attached hydrogens (primary N) is 1. The number of carbonyl (C=O) groups excluding carboxylic acids is 2. The molecular weight excluding hydrogens is 434 g/mol. The average Bonchev–Trinajstić information content (AvgIpc) is 3.56. The molecule has 1 aromatic heterocycles. The number of fused-ring (bicyclic) bond motifs is 1. The number of ether oxygens (including phenoxy) is 1. The van der Waals surface area contributed by atoms with Gasteiger partial charge in [-0.25, -0.2) is 0 Å². The summed E-state index contributed by atoms with van der Waals surface area (Å²) in [6.45, 7) is 5.80. The van der Waals surface area contributed by atoms with E-state index in [0.29, 0.717) is 12.1 Å². The summed E-state index contributed by atoms with van der Waals surface area (Å²) in [5.41, 5.74) is 9.35. The molecule has 3 rings (SSSR count). The fourth-order valence-corrected chi connectivity index (χ4v) is 4.18. The molecule has 0 amide bonds. The number of esters is 1. The van der Waals surface area contributed by atoms with Crippen LogP contribution in [0.3, 0.4) is 0 Å². The molecule has 8 heteroatoms. The van der Waals surface area contributed by atoms with E-state index in [4.69, 9.17) is 10.5 Å². The van der Waals surface area contributed by atoms with Gasteiger partial charge in [0.05, 0.1) is 11.5 Å². The molecule has 8 nitrogen and oxygen atoms in total. The third-order valence-electron chi connectivity index (χ3n) is 6.25. The molecule has 1 aromatic carbocycles. The molecule has 2 aromatic rings. The number of Topliss-reactive ketones (excluding diaryl/α,β-unsaturated/α-hetero) is 1. The number of unbranched alkanes of at least 4 members (excludes halogenated alkanes) is 1. The van der Waals surface area contributed by atoms with Gasteiger partial charge in [-0.2, -0.15) is 0 Å². The van der Waals surface area contributed by atoms with Crippen molar-refractivity contribution < 1.29 is 19.2 Å². The van der Waals surface area contributed by atoms with Crippen LogP contribution in [0.4, 0.5) is 5.69 Å². The SMILES string of the molecule is C=C/C(N)=C\C=C(/C)C1C[C@H]1C(=O)CC(=O)OCCCCc1cn(C)c2ccc([N+](=O)[O-])cc12. The summed E-state index contributed by atoms with van der Waals surface area (Å²) < 4.78 is 7.21. The third kappa shape index (κ3) is 6.21. The van der Waals surface area contributed by atoms with Gasteiger partial charge < -0.3 is 15.0 Å². The van der Waals surface area contributed by atoms with Crippen LogP contribution < -0.4 is 5.73 Å². The molecule has 1 saturated carbocycles. The van der Waals surface area contributed by atoms with E-state index >= 15 is 0 Å². The van der Waals surface area contributed by atoms with Crippen molar-refractivity contribution in [3.05, 3.63) is 76.2 Å². The van der Waals surface area contributed by atoms with Gasteiger partial charge in [0.25, 0.3) is 5.69 Å². The summed E-state index contributed by atoms with van der Waals surface area (Å²) in [7, 11) is 1.91. The molecule has 1 aliphatic rings. The summed E-state index contributed by atoms with van der Waals surface area (Å²) in [4.78, 5) is 35.1. The Morgan fingerprint density at radius 3 is 2.76 bits per heavy atom. The van der Waals surface area contributed by atoms with Gasteiger partial charge in [0, 0.05) is 47.9 Å². The minimum Gasteiger partial charge on any atom is -0.465 e. The lowest BCUT2D eigenvalue weighted by Crippen LogP contribution is -2.14. The Hall–Kier alpha value is -3.68. The average molecular weight is 466 g/mol. The first kappa shape index (κ1) is 25.0. The van der Waals surface area contributed by atoms with Crippen LogP contribution in [-0.4, -0.2) is 27.8 Å². The number of non-ortho nitro benzene ring substituents is 1. The smallest absolute Gasteiger partial charge is 0.313 e. The number of carbonyl (C=O) groups is 2. The highest BCUT2D eigenvalue weighted by atomic mass is 16.6. The van der Waals surface area contributed by atoms with Crippen molar-refractivity contribution in [3.63, 3.8) is 0 Å². The molecule has 0 bridgehead atoms. The maximum Gasteiger partial charge on any atom is 0.313 e. The van der Waals surface area contributed by atoms with Gasteiger partial charge >= 0.3 is 5.97 Å². The number of aryl methyl sites for hydroxylation is 2. The Bertz CT molecular complexity index is 1170. The highest BCUT2D eigenvalue weighted by Crippen LogP contribution is 2.45. The van der Waals surface area contributed by atoms with Crippen molar-refractivity contribution in [2.24, 2.45) is 24.6 Å². The molecule has 2 atom stereocenters. The first-order valence-electron chi connectivity index (χ1n) is 11.4. The number of nitrogens with zero attached hydrogens (tertiary/aromatic N) is 2. The van der Waals surface area contributed by atoms with E-state index in [1.54, 1.807) is 24.3 Å². The van der Waals surface area contributed by atoms with Gasteiger partial charge in [-0.15, -0.1) is 0 Å². The Balaban J connectivity index is 1.40.